The topological polar surface area (TPSA) is 140 Å². The molecule has 0 spiro atoms. The highest BCUT2D eigenvalue weighted by atomic mass is 32.2. The van der Waals surface area contributed by atoms with Gasteiger partial charge in [0.2, 0.25) is 0 Å². The Bertz CT molecular complexity index is 1380. The summed E-state index contributed by atoms with van der Waals surface area (Å²) in [6.07, 6.45) is 3.06. The number of anilines is 1. The number of aromatic nitrogens is 3. The van der Waals surface area contributed by atoms with Crippen LogP contribution in [0.15, 0.2) is 42.9 Å². The van der Waals surface area contributed by atoms with Gasteiger partial charge in [-0.05, 0) is 43.9 Å². The van der Waals surface area contributed by atoms with Gasteiger partial charge in [-0.15, -0.1) is 0 Å². The van der Waals surface area contributed by atoms with Crippen LogP contribution in [0.25, 0.3) is 11.0 Å². The van der Waals surface area contributed by atoms with Crippen molar-refractivity contribution in [1.82, 2.24) is 14.5 Å². The van der Waals surface area contributed by atoms with Crippen molar-refractivity contribution in [3.63, 3.8) is 0 Å². The minimum absolute atomic E-state index is 0.173. The molecular weight excluding hydrogens is 474 g/mol. The van der Waals surface area contributed by atoms with E-state index in [1.807, 2.05) is 16.8 Å². The quantitative estimate of drug-likeness (QED) is 0.520. The molecule has 5 atom stereocenters. The molecule has 0 bridgehead atoms. The third-order valence-electron chi connectivity index (χ3n) is 6.75. The lowest BCUT2D eigenvalue weighted by Crippen LogP contribution is -2.34. The second kappa shape index (κ2) is 8.22. The third kappa shape index (κ3) is 4.20. The summed E-state index contributed by atoms with van der Waals surface area (Å²) >= 11 is 0. The molecule has 6 rings (SSSR count). The van der Waals surface area contributed by atoms with Crippen molar-refractivity contribution >= 4 is 27.2 Å². The van der Waals surface area contributed by atoms with Crippen molar-refractivity contribution in [3.8, 4) is 0 Å². The first-order valence-corrected chi connectivity index (χ1v) is 13.0. The molecule has 35 heavy (non-hydrogen) atoms. The van der Waals surface area contributed by atoms with Crippen LogP contribution < -0.4 is 10.5 Å². The second-order valence-electron chi connectivity index (χ2n) is 9.52. The van der Waals surface area contributed by atoms with Gasteiger partial charge in [-0.1, -0.05) is 24.3 Å². The zero-order valence-corrected chi connectivity index (χ0v) is 20.1. The monoisotopic (exact) mass is 501 g/mol. The Labute approximate surface area is 202 Å². The Morgan fingerprint density at radius 2 is 2.00 bits per heavy atom. The van der Waals surface area contributed by atoms with E-state index in [9.17, 15) is 8.42 Å². The number of nitrogens with two attached hydrogens (primary N) is 1. The van der Waals surface area contributed by atoms with E-state index in [2.05, 4.69) is 39.6 Å². The molecule has 186 valence electrons. The highest BCUT2D eigenvalue weighted by Crippen LogP contribution is 2.44. The fourth-order valence-corrected chi connectivity index (χ4v) is 5.67. The van der Waals surface area contributed by atoms with Gasteiger partial charge in [-0.2, -0.15) is 8.42 Å². The highest BCUT2D eigenvalue weighted by molar-refractivity contribution is 7.84. The molecule has 0 saturated carbocycles. The average molecular weight is 502 g/mol. The number of rotatable bonds is 6. The summed E-state index contributed by atoms with van der Waals surface area (Å²) in [7, 11) is -4.13. The van der Waals surface area contributed by atoms with Gasteiger partial charge in [-0.25, -0.2) is 15.1 Å². The summed E-state index contributed by atoms with van der Waals surface area (Å²) in [6, 6.07) is 10.5. The lowest BCUT2D eigenvalue weighted by atomic mass is 10.1. The van der Waals surface area contributed by atoms with Gasteiger partial charge in [0.25, 0.3) is 0 Å². The van der Waals surface area contributed by atoms with Crippen LogP contribution in [0.4, 0.5) is 5.82 Å². The van der Waals surface area contributed by atoms with Crippen LogP contribution in [0.1, 0.15) is 43.7 Å². The molecule has 12 heteroatoms. The molecule has 0 unspecified atom stereocenters. The van der Waals surface area contributed by atoms with Crippen LogP contribution in [0.3, 0.4) is 0 Å². The lowest BCUT2D eigenvalue weighted by Gasteiger charge is -2.25. The highest BCUT2D eigenvalue weighted by Gasteiger charge is 2.56. The van der Waals surface area contributed by atoms with Crippen LogP contribution in [-0.2, 0) is 35.1 Å². The molecular formula is C23H27N5O6S. The van der Waals surface area contributed by atoms with Gasteiger partial charge < -0.3 is 24.1 Å². The van der Waals surface area contributed by atoms with E-state index in [0.717, 1.165) is 24.0 Å². The van der Waals surface area contributed by atoms with Gasteiger partial charge in [0.05, 0.1) is 18.0 Å². The van der Waals surface area contributed by atoms with Crippen LogP contribution in [-0.4, -0.2) is 53.7 Å². The van der Waals surface area contributed by atoms with Crippen molar-refractivity contribution < 1.29 is 26.8 Å². The van der Waals surface area contributed by atoms with E-state index in [1.54, 1.807) is 13.8 Å². The Hall–Kier alpha value is -2.61. The fourth-order valence-electron chi connectivity index (χ4n) is 5.34. The Kier molecular flexibility index (Phi) is 5.36. The first-order chi connectivity index (χ1) is 16.7. The van der Waals surface area contributed by atoms with Crippen molar-refractivity contribution in [2.45, 2.75) is 63.1 Å². The molecule has 2 aromatic heterocycles. The van der Waals surface area contributed by atoms with Gasteiger partial charge >= 0.3 is 10.3 Å². The number of benzene rings is 1. The van der Waals surface area contributed by atoms with E-state index >= 15 is 0 Å². The van der Waals surface area contributed by atoms with Crippen molar-refractivity contribution in [2.75, 3.05) is 11.9 Å². The number of ether oxygens (including phenoxy) is 3. The number of hydrogen-bond donors (Lipinski definition) is 2. The standard InChI is InChI=1S/C23H27N5O6S/c1-23(2)33-18-17(11-31-35(24,29)30)32-22(19(18)34-23)28-10-9-15-20(25-12-26-21(15)28)27-16-8-7-13-5-3-4-6-14(13)16/h3-6,9-10,12,16-19,22H,7-8,11H2,1-2H3,(H2,24,29,30)(H,25,26,27)/t16-,17+,18+,19+,22+/m0/s1. The molecule has 1 aromatic carbocycles. The Balaban J connectivity index is 1.30. The van der Waals surface area contributed by atoms with Gasteiger partial charge in [0.15, 0.2) is 12.0 Å². The summed E-state index contributed by atoms with van der Waals surface area (Å²) in [5, 5.41) is 9.45. The fraction of sp³-hybridized carbons (Fsp3) is 0.478. The van der Waals surface area contributed by atoms with E-state index in [4.69, 9.17) is 23.5 Å². The Morgan fingerprint density at radius 3 is 2.83 bits per heavy atom. The smallest absolute Gasteiger partial charge is 0.333 e. The van der Waals surface area contributed by atoms with E-state index < -0.39 is 40.6 Å². The SMILES string of the molecule is CC1(C)O[C@@H]2[C@H](O1)[C@@H](COS(N)(=O)=O)O[C@H]2n1ccc2c(N[C@H]3CCc4ccccc43)ncnc21. The minimum atomic E-state index is -4.13. The summed E-state index contributed by atoms with van der Waals surface area (Å²) in [5.41, 5.74) is 3.31. The second-order valence-corrected chi connectivity index (χ2v) is 10.7. The molecule has 3 aliphatic rings. The van der Waals surface area contributed by atoms with Crippen molar-refractivity contribution in [2.24, 2.45) is 5.14 Å². The molecule has 4 heterocycles. The zero-order chi connectivity index (χ0) is 24.4. The summed E-state index contributed by atoms with van der Waals surface area (Å²) in [4.78, 5) is 9.03. The van der Waals surface area contributed by atoms with E-state index in [1.165, 1.54) is 17.5 Å². The number of nitrogens with one attached hydrogen (secondary N) is 1. The number of fused-ring (bicyclic) bond motifs is 3. The first-order valence-electron chi connectivity index (χ1n) is 11.5. The van der Waals surface area contributed by atoms with E-state index in [-0.39, 0.29) is 12.6 Å². The minimum Gasteiger partial charge on any atom is -0.363 e. The average Bonchev–Trinajstić information content (AvgIpc) is 3.54. The van der Waals surface area contributed by atoms with E-state index in [0.29, 0.717) is 5.65 Å². The molecule has 0 radical (unpaired) electrons. The maximum atomic E-state index is 11.3. The maximum Gasteiger partial charge on any atom is 0.333 e. The molecule has 1 aliphatic carbocycles. The van der Waals surface area contributed by atoms with Crippen LogP contribution in [0, 0.1) is 0 Å². The molecule has 3 aromatic rings. The van der Waals surface area contributed by atoms with Gasteiger partial charge in [0, 0.05) is 6.20 Å². The van der Waals surface area contributed by atoms with Crippen LogP contribution in [0.5, 0.6) is 0 Å². The van der Waals surface area contributed by atoms with Gasteiger partial charge in [0.1, 0.15) is 36.1 Å². The molecule has 2 saturated heterocycles. The van der Waals surface area contributed by atoms with Gasteiger partial charge in [-0.3, -0.25) is 4.18 Å². The molecule has 3 N–H and O–H groups in total. The maximum absolute atomic E-state index is 11.3. The number of nitrogens with zero attached hydrogens (tertiary/aromatic N) is 3. The number of aryl methyl sites for hydroxylation is 1. The molecule has 0 amide bonds. The zero-order valence-electron chi connectivity index (χ0n) is 19.3. The van der Waals surface area contributed by atoms with Crippen LogP contribution >= 0.6 is 0 Å². The Morgan fingerprint density at radius 1 is 1.20 bits per heavy atom. The van der Waals surface area contributed by atoms with Crippen molar-refractivity contribution in [1.29, 1.82) is 0 Å². The predicted molar refractivity (Wildman–Crippen MR) is 125 cm³/mol. The normalized spacial score (nSPS) is 29.4. The summed E-state index contributed by atoms with van der Waals surface area (Å²) < 4.78 is 47.7. The molecule has 2 fully saturated rings. The lowest BCUT2D eigenvalue weighted by molar-refractivity contribution is -0.198. The summed E-state index contributed by atoms with van der Waals surface area (Å²) in [5.74, 6) is -0.124. The number of hydrogen-bond acceptors (Lipinski definition) is 9. The molecule has 11 nitrogen and oxygen atoms in total. The molecule has 2 aliphatic heterocycles. The summed E-state index contributed by atoms with van der Waals surface area (Å²) in [6.45, 7) is 3.33. The predicted octanol–water partition coefficient (Wildman–Crippen LogP) is 2.17. The first kappa shape index (κ1) is 22.8. The third-order valence-corrected chi connectivity index (χ3v) is 7.21. The largest absolute Gasteiger partial charge is 0.363 e. The van der Waals surface area contributed by atoms with Crippen molar-refractivity contribution in [3.05, 3.63) is 54.0 Å². The van der Waals surface area contributed by atoms with Crippen LogP contribution in [0.2, 0.25) is 0 Å².